The average Bonchev–Trinajstić information content (AvgIpc) is 1.67. The van der Waals surface area contributed by atoms with Gasteiger partial charge in [0.1, 0.15) is 5.54 Å². The van der Waals surface area contributed by atoms with Crippen LogP contribution in [0.5, 0.6) is 0 Å². The Morgan fingerprint density at radius 3 is 2.25 bits per heavy atom. The summed E-state index contributed by atoms with van der Waals surface area (Å²) in [5, 5.41) is 8.24. The fraction of sp³-hybridized carbons (Fsp3) is 0.750. The molecule has 5 N–H and O–H groups in total. The molecule has 0 heterocycles. The Labute approximate surface area is 47.5 Å². The van der Waals surface area contributed by atoms with Crippen molar-refractivity contribution in [3.05, 3.63) is 0 Å². The molecule has 0 rings (SSSR count). The van der Waals surface area contributed by atoms with Gasteiger partial charge in [-0.3, -0.25) is 4.79 Å². The van der Waals surface area contributed by atoms with Gasteiger partial charge < -0.3 is 16.6 Å². The zero-order valence-electron chi connectivity index (χ0n) is 4.72. The van der Waals surface area contributed by atoms with Crippen LogP contribution >= 0.6 is 0 Å². The van der Waals surface area contributed by atoms with E-state index in [2.05, 4.69) is 0 Å². The van der Waals surface area contributed by atoms with Gasteiger partial charge in [-0.1, -0.05) is 0 Å². The van der Waals surface area contributed by atoms with Crippen molar-refractivity contribution in [1.29, 1.82) is 0 Å². The van der Waals surface area contributed by atoms with Crippen molar-refractivity contribution in [3.8, 4) is 0 Å². The summed E-state index contributed by atoms with van der Waals surface area (Å²) in [6.07, 6.45) is 0. The van der Waals surface area contributed by atoms with Gasteiger partial charge in [0.15, 0.2) is 0 Å². The number of aliphatic carboxylic acids is 1. The summed E-state index contributed by atoms with van der Waals surface area (Å²) in [5.41, 5.74) is 8.87. The summed E-state index contributed by atoms with van der Waals surface area (Å²) in [6.45, 7) is 1.33. The SMILES string of the molecule is C[C@@](N)(CN)C(=O)O. The number of carbonyl (C=O) groups is 1. The van der Waals surface area contributed by atoms with Crippen LogP contribution in [-0.2, 0) is 4.79 Å². The highest BCUT2D eigenvalue weighted by Crippen LogP contribution is 1.92. The maximum atomic E-state index is 10.0. The molecule has 0 saturated heterocycles. The average molecular weight is 118 g/mol. The Kier molecular flexibility index (Phi) is 1.94. The fourth-order valence-electron chi connectivity index (χ4n) is 0.0873. The zero-order chi connectivity index (χ0) is 6.78. The van der Waals surface area contributed by atoms with E-state index in [0.717, 1.165) is 0 Å². The van der Waals surface area contributed by atoms with Gasteiger partial charge in [0, 0.05) is 6.54 Å². The van der Waals surface area contributed by atoms with Crippen molar-refractivity contribution in [3.63, 3.8) is 0 Å². The van der Waals surface area contributed by atoms with Crippen molar-refractivity contribution in [2.24, 2.45) is 11.5 Å². The van der Waals surface area contributed by atoms with Gasteiger partial charge in [0.25, 0.3) is 0 Å². The van der Waals surface area contributed by atoms with Crippen molar-refractivity contribution in [1.82, 2.24) is 0 Å². The van der Waals surface area contributed by atoms with Gasteiger partial charge in [-0.25, -0.2) is 0 Å². The zero-order valence-corrected chi connectivity index (χ0v) is 4.72. The molecular weight excluding hydrogens is 108 g/mol. The van der Waals surface area contributed by atoms with Gasteiger partial charge in [-0.05, 0) is 6.92 Å². The molecule has 0 unspecified atom stereocenters. The molecule has 0 saturated carbocycles. The van der Waals surface area contributed by atoms with Crippen LogP contribution in [0.15, 0.2) is 0 Å². The molecule has 0 aromatic rings. The molecule has 1 atom stereocenters. The van der Waals surface area contributed by atoms with Crippen LogP contribution in [0.4, 0.5) is 0 Å². The lowest BCUT2D eigenvalue weighted by atomic mass is 10.1. The van der Waals surface area contributed by atoms with E-state index in [4.69, 9.17) is 16.6 Å². The summed E-state index contributed by atoms with van der Waals surface area (Å²) in [7, 11) is 0. The topological polar surface area (TPSA) is 89.3 Å². The Bertz CT molecular complexity index is 100. The molecule has 0 spiro atoms. The summed E-state index contributed by atoms with van der Waals surface area (Å²) < 4.78 is 0. The third-order valence-electron chi connectivity index (χ3n) is 0.913. The van der Waals surface area contributed by atoms with E-state index in [9.17, 15) is 4.79 Å². The van der Waals surface area contributed by atoms with Crippen molar-refractivity contribution in [2.75, 3.05) is 6.54 Å². The lowest BCUT2D eigenvalue weighted by Crippen LogP contribution is -2.51. The maximum Gasteiger partial charge on any atom is 0.324 e. The summed E-state index contributed by atoms with van der Waals surface area (Å²) in [6, 6.07) is 0. The van der Waals surface area contributed by atoms with Gasteiger partial charge in [0.05, 0.1) is 0 Å². The molecule has 0 bridgehead atoms. The molecule has 4 heteroatoms. The van der Waals surface area contributed by atoms with E-state index in [-0.39, 0.29) is 6.54 Å². The van der Waals surface area contributed by atoms with E-state index >= 15 is 0 Å². The second-order valence-electron chi connectivity index (χ2n) is 1.93. The van der Waals surface area contributed by atoms with Crippen molar-refractivity contribution < 1.29 is 9.90 Å². The number of nitrogens with two attached hydrogens (primary N) is 2. The van der Waals surface area contributed by atoms with Crippen LogP contribution in [0.2, 0.25) is 0 Å². The molecule has 0 radical (unpaired) electrons. The second kappa shape index (κ2) is 2.11. The minimum atomic E-state index is -1.26. The summed E-state index contributed by atoms with van der Waals surface area (Å²) in [4.78, 5) is 10.0. The number of carboxylic acid groups (broad SMARTS) is 1. The molecule has 0 fully saturated rings. The van der Waals surface area contributed by atoms with Crippen LogP contribution in [0.25, 0.3) is 0 Å². The quantitative estimate of drug-likeness (QED) is 0.422. The third-order valence-corrected chi connectivity index (χ3v) is 0.913. The van der Waals surface area contributed by atoms with E-state index in [1.807, 2.05) is 0 Å². The normalized spacial score (nSPS) is 17.4. The number of hydrogen-bond acceptors (Lipinski definition) is 3. The maximum absolute atomic E-state index is 10.0. The van der Waals surface area contributed by atoms with Gasteiger partial charge >= 0.3 is 5.97 Å². The monoisotopic (exact) mass is 118 g/mol. The molecule has 0 aromatic carbocycles. The third kappa shape index (κ3) is 1.48. The molecule has 8 heavy (non-hydrogen) atoms. The van der Waals surface area contributed by atoms with E-state index in [1.54, 1.807) is 0 Å². The predicted molar refractivity (Wildman–Crippen MR) is 29.3 cm³/mol. The number of rotatable bonds is 2. The molecule has 0 aromatic heterocycles. The van der Waals surface area contributed by atoms with Crippen LogP contribution in [0.1, 0.15) is 6.92 Å². The van der Waals surface area contributed by atoms with E-state index < -0.39 is 11.5 Å². The largest absolute Gasteiger partial charge is 0.480 e. The highest BCUT2D eigenvalue weighted by atomic mass is 16.4. The van der Waals surface area contributed by atoms with Crippen molar-refractivity contribution >= 4 is 5.97 Å². The molecule has 0 aliphatic heterocycles. The molecular formula is C4H10N2O2. The Balaban J connectivity index is 3.91. The van der Waals surface area contributed by atoms with E-state index in [1.165, 1.54) is 6.92 Å². The first-order valence-electron chi connectivity index (χ1n) is 2.23. The second-order valence-corrected chi connectivity index (χ2v) is 1.93. The van der Waals surface area contributed by atoms with Crippen molar-refractivity contribution in [2.45, 2.75) is 12.5 Å². The van der Waals surface area contributed by atoms with Crippen LogP contribution in [0, 0.1) is 0 Å². The molecule has 0 amide bonds. The highest BCUT2D eigenvalue weighted by Gasteiger charge is 2.24. The first-order valence-corrected chi connectivity index (χ1v) is 2.23. The number of carboxylic acids is 1. The van der Waals surface area contributed by atoms with Gasteiger partial charge in [0.2, 0.25) is 0 Å². The molecule has 0 aliphatic rings. The van der Waals surface area contributed by atoms with Gasteiger partial charge in [-0.15, -0.1) is 0 Å². The van der Waals surface area contributed by atoms with E-state index in [0.29, 0.717) is 0 Å². The van der Waals surface area contributed by atoms with Crippen LogP contribution in [-0.4, -0.2) is 23.2 Å². The molecule has 4 nitrogen and oxygen atoms in total. The minimum Gasteiger partial charge on any atom is -0.480 e. The first-order chi connectivity index (χ1) is 3.50. The fourth-order valence-corrected chi connectivity index (χ4v) is 0.0873. The molecule has 48 valence electrons. The standard InChI is InChI=1S/C4H10N2O2/c1-4(6,2-5)3(7)8/h2,5-6H2,1H3,(H,7,8)/t4-/m1/s1. The highest BCUT2D eigenvalue weighted by molar-refractivity contribution is 5.78. The van der Waals surface area contributed by atoms with Crippen LogP contribution < -0.4 is 11.5 Å². The summed E-state index contributed by atoms with van der Waals surface area (Å²) in [5.74, 6) is -1.07. The minimum absolute atomic E-state index is 0.0394. The van der Waals surface area contributed by atoms with Gasteiger partial charge in [-0.2, -0.15) is 0 Å². The smallest absolute Gasteiger partial charge is 0.324 e. The predicted octanol–water partition coefficient (Wildman–Crippen LogP) is -1.25. The van der Waals surface area contributed by atoms with Crippen LogP contribution in [0.3, 0.4) is 0 Å². The first kappa shape index (κ1) is 7.39. The Hall–Kier alpha value is -0.610. The lowest BCUT2D eigenvalue weighted by Gasteiger charge is -2.14. The Morgan fingerprint density at radius 2 is 2.25 bits per heavy atom. The number of hydrogen-bond donors (Lipinski definition) is 3. The lowest BCUT2D eigenvalue weighted by molar-refractivity contribution is -0.142. The molecule has 0 aliphatic carbocycles. The summed E-state index contributed by atoms with van der Waals surface area (Å²) >= 11 is 0. The Morgan fingerprint density at radius 1 is 1.88 bits per heavy atom.